The molecular weight excluding hydrogens is 408 g/mol. The summed E-state index contributed by atoms with van der Waals surface area (Å²) in [5, 5.41) is 3.21. The van der Waals surface area contributed by atoms with E-state index >= 15 is 0 Å². The minimum Gasteiger partial charge on any atom is -0.492 e. The number of esters is 1. The van der Waals surface area contributed by atoms with Gasteiger partial charge in [-0.25, -0.2) is 0 Å². The molecular formula is C22H23ClN2O5. The van der Waals surface area contributed by atoms with Crippen LogP contribution in [0.5, 0.6) is 5.75 Å². The van der Waals surface area contributed by atoms with Crippen LogP contribution in [0.4, 0.5) is 11.4 Å². The molecule has 1 N–H and O–H groups in total. The molecule has 2 amide bonds. The number of nitrogens with one attached hydrogen (secondary N) is 1. The van der Waals surface area contributed by atoms with Crippen molar-refractivity contribution in [1.29, 1.82) is 0 Å². The Morgan fingerprint density at radius 3 is 2.73 bits per heavy atom. The van der Waals surface area contributed by atoms with Crippen molar-refractivity contribution in [2.24, 2.45) is 5.92 Å². The maximum atomic E-state index is 12.4. The number of nitrogens with zero attached hydrogens (tertiary/aromatic N) is 1. The molecule has 0 spiro atoms. The van der Waals surface area contributed by atoms with Gasteiger partial charge in [0.25, 0.3) is 5.91 Å². The smallest absolute Gasteiger partial charge is 0.311 e. The Hall–Kier alpha value is -3.06. The van der Waals surface area contributed by atoms with Crippen molar-refractivity contribution in [2.45, 2.75) is 20.3 Å². The molecule has 2 aromatic rings. The maximum absolute atomic E-state index is 12.4. The van der Waals surface area contributed by atoms with Crippen LogP contribution >= 0.6 is 11.6 Å². The second kappa shape index (κ2) is 9.63. The molecule has 3 rings (SSSR count). The molecule has 30 heavy (non-hydrogen) atoms. The molecule has 8 heteroatoms. The van der Waals surface area contributed by atoms with Gasteiger partial charge in [0.2, 0.25) is 5.91 Å². The zero-order valence-electron chi connectivity index (χ0n) is 16.8. The quantitative estimate of drug-likeness (QED) is 0.678. The third-order valence-electron chi connectivity index (χ3n) is 4.73. The number of amides is 2. The molecule has 0 saturated carbocycles. The Morgan fingerprint density at radius 1 is 1.23 bits per heavy atom. The van der Waals surface area contributed by atoms with Crippen molar-refractivity contribution in [2.75, 3.05) is 30.0 Å². The lowest BCUT2D eigenvalue weighted by Crippen LogP contribution is -2.28. The summed E-state index contributed by atoms with van der Waals surface area (Å²) in [7, 11) is 0. The van der Waals surface area contributed by atoms with Crippen molar-refractivity contribution in [1.82, 2.24) is 0 Å². The summed E-state index contributed by atoms with van der Waals surface area (Å²) < 4.78 is 10.6. The predicted octanol–water partition coefficient (Wildman–Crippen LogP) is 3.58. The number of halogens is 1. The van der Waals surface area contributed by atoms with E-state index < -0.39 is 24.4 Å². The van der Waals surface area contributed by atoms with E-state index in [2.05, 4.69) is 5.32 Å². The van der Waals surface area contributed by atoms with Crippen LogP contribution in [0.2, 0.25) is 5.02 Å². The normalized spacial score (nSPS) is 15.8. The number of rotatable bonds is 7. The first-order valence-electron chi connectivity index (χ1n) is 9.64. The standard InChI is InChI=1S/C22H23ClN2O5/c1-3-29-19-7-5-4-6-18(19)24-20(26)13-30-22(28)15-10-21(27)25(12-15)16-9-8-14(2)17(23)11-16/h4-9,11,15H,3,10,12-13H2,1-2H3,(H,24,26)/t15-/m0/s1. The molecule has 1 saturated heterocycles. The third-order valence-corrected chi connectivity index (χ3v) is 5.14. The monoisotopic (exact) mass is 430 g/mol. The summed E-state index contributed by atoms with van der Waals surface area (Å²) in [6, 6.07) is 12.3. The fourth-order valence-corrected chi connectivity index (χ4v) is 3.33. The van der Waals surface area contributed by atoms with Gasteiger partial charge >= 0.3 is 5.97 Å². The summed E-state index contributed by atoms with van der Waals surface area (Å²) in [5.74, 6) is -1.36. The average molecular weight is 431 g/mol. The van der Waals surface area contributed by atoms with Crippen molar-refractivity contribution in [3.05, 3.63) is 53.1 Å². The number of anilines is 2. The number of para-hydroxylation sites is 2. The summed E-state index contributed by atoms with van der Waals surface area (Å²) in [6.07, 6.45) is 0.0269. The van der Waals surface area contributed by atoms with E-state index in [0.717, 1.165) is 5.56 Å². The molecule has 1 atom stereocenters. The average Bonchev–Trinajstić information content (AvgIpc) is 3.11. The molecule has 0 aliphatic carbocycles. The van der Waals surface area contributed by atoms with Crippen LogP contribution in [0, 0.1) is 12.8 Å². The number of hydrogen-bond donors (Lipinski definition) is 1. The molecule has 1 aliphatic heterocycles. The molecule has 158 valence electrons. The highest BCUT2D eigenvalue weighted by atomic mass is 35.5. The number of ether oxygens (including phenoxy) is 2. The van der Waals surface area contributed by atoms with Crippen molar-refractivity contribution < 1.29 is 23.9 Å². The van der Waals surface area contributed by atoms with Crippen LogP contribution in [-0.4, -0.2) is 37.5 Å². The van der Waals surface area contributed by atoms with Gasteiger partial charge in [-0.2, -0.15) is 0 Å². The van der Waals surface area contributed by atoms with Gasteiger partial charge < -0.3 is 19.7 Å². The van der Waals surface area contributed by atoms with E-state index in [1.807, 2.05) is 19.9 Å². The lowest BCUT2D eigenvalue weighted by atomic mass is 10.1. The van der Waals surface area contributed by atoms with Gasteiger partial charge in [-0.15, -0.1) is 0 Å². The topological polar surface area (TPSA) is 84.9 Å². The first-order chi connectivity index (χ1) is 14.4. The largest absolute Gasteiger partial charge is 0.492 e. The van der Waals surface area contributed by atoms with E-state index in [-0.39, 0.29) is 18.9 Å². The highest BCUT2D eigenvalue weighted by molar-refractivity contribution is 6.31. The van der Waals surface area contributed by atoms with E-state index in [9.17, 15) is 14.4 Å². The van der Waals surface area contributed by atoms with Crippen LogP contribution in [0.1, 0.15) is 18.9 Å². The molecule has 1 aliphatic rings. The molecule has 0 radical (unpaired) electrons. The van der Waals surface area contributed by atoms with Gasteiger partial charge in [0.15, 0.2) is 6.61 Å². The lowest BCUT2D eigenvalue weighted by Gasteiger charge is -2.17. The Balaban J connectivity index is 1.54. The summed E-state index contributed by atoms with van der Waals surface area (Å²) in [4.78, 5) is 38.4. The lowest BCUT2D eigenvalue weighted by molar-refractivity contribution is -0.151. The Morgan fingerprint density at radius 2 is 2.00 bits per heavy atom. The second-order valence-corrected chi connectivity index (χ2v) is 7.33. The van der Waals surface area contributed by atoms with Crippen LogP contribution in [0.3, 0.4) is 0 Å². The van der Waals surface area contributed by atoms with Crippen LogP contribution in [-0.2, 0) is 19.1 Å². The number of carbonyl (C=O) groups excluding carboxylic acids is 3. The van der Waals surface area contributed by atoms with E-state index in [4.69, 9.17) is 21.1 Å². The number of benzene rings is 2. The minimum atomic E-state index is -0.638. The summed E-state index contributed by atoms with van der Waals surface area (Å²) >= 11 is 6.14. The number of carbonyl (C=O) groups is 3. The van der Waals surface area contributed by atoms with Crippen molar-refractivity contribution in [3.63, 3.8) is 0 Å². The fourth-order valence-electron chi connectivity index (χ4n) is 3.16. The maximum Gasteiger partial charge on any atom is 0.311 e. The van der Waals surface area contributed by atoms with E-state index in [1.165, 1.54) is 4.90 Å². The number of hydrogen-bond acceptors (Lipinski definition) is 5. The molecule has 1 heterocycles. The van der Waals surface area contributed by atoms with Gasteiger partial charge in [-0.05, 0) is 43.7 Å². The van der Waals surface area contributed by atoms with Gasteiger partial charge in [-0.3, -0.25) is 14.4 Å². The summed E-state index contributed by atoms with van der Waals surface area (Å²) in [5.41, 5.74) is 2.04. The Labute approximate surface area is 179 Å². The number of aryl methyl sites for hydroxylation is 1. The SMILES string of the molecule is CCOc1ccccc1NC(=O)COC(=O)[C@H]1CC(=O)N(c2ccc(C)c(Cl)c2)C1. The first-order valence-corrected chi connectivity index (χ1v) is 10.0. The van der Waals surface area contributed by atoms with Crippen molar-refractivity contribution in [3.8, 4) is 5.75 Å². The molecule has 0 aromatic heterocycles. The Kier molecular flexibility index (Phi) is 6.95. The first kappa shape index (κ1) is 21.6. The highest BCUT2D eigenvalue weighted by Crippen LogP contribution is 2.29. The molecule has 0 bridgehead atoms. The molecule has 0 unspecified atom stereocenters. The van der Waals surface area contributed by atoms with Gasteiger partial charge in [-0.1, -0.05) is 29.8 Å². The minimum absolute atomic E-state index is 0.0269. The van der Waals surface area contributed by atoms with Crippen LogP contribution < -0.4 is 15.0 Å². The van der Waals surface area contributed by atoms with E-state index in [0.29, 0.717) is 28.8 Å². The second-order valence-electron chi connectivity index (χ2n) is 6.92. The Bertz CT molecular complexity index is 962. The molecule has 7 nitrogen and oxygen atoms in total. The van der Waals surface area contributed by atoms with E-state index in [1.54, 1.807) is 36.4 Å². The van der Waals surface area contributed by atoms with Gasteiger partial charge in [0.05, 0.1) is 18.2 Å². The van der Waals surface area contributed by atoms with Gasteiger partial charge in [0, 0.05) is 23.7 Å². The summed E-state index contributed by atoms with van der Waals surface area (Å²) in [6.45, 7) is 3.92. The zero-order chi connectivity index (χ0) is 21.7. The van der Waals surface area contributed by atoms with Gasteiger partial charge in [0.1, 0.15) is 5.75 Å². The third kappa shape index (κ3) is 5.10. The predicted molar refractivity (Wildman–Crippen MR) is 114 cm³/mol. The fraction of sp³-hybridized carbons (Fsp3) is 0.318. The van der Waals surface area contributed by atoms with Crippen molar-refractivity contribution >= 4 is 40.8 Å². The zero-order valence-corrected chi connectivity index (χ0v) is 17.6. The van der Waals surface area contributed by atoms with Crippen LogP contribution in [0.15, 0.2) is 42.5 Å². The molecule has 2 aromatic carbocycles. The molecule has 1 fully saturated rings. The van der Waals surface area contributed by atoms with Crippen LogP contribution in [0.25, 0.3) is 0 Å². The highest BCUT2D eigenvalue weighted by Gasteiger charge is 2.36.